The van der Waals surface area contributed by atoms with E-state index in [-0.39, 0.29) is 0 Å². The first-order valence-corrected chi connectivity index (χ1v) is 2.22. The minimum Gasteiger partial charge on any atom is -0.388 e. The number of halogens is 2. The quantitative estimate of drug-likeness (QED) is 0.510. The first-order valence-electron chi connectivity index (χ1n) is 2.22. The van der Waals surface area contributed by atoms with Crippen molar-refractivity contribution in [1.29, 1.82) is 0 Å². The van der Waals surface area contributed by atoms with Gasteiger partial charge >= 0.3 is 0 Å². The molecule has 0 aromatic rings. The van der Waals surface area contributed by atoms with Crippen LogP contribution in [0.15, 0.2) is 0 Å². The highest BCUT2D eigenvalue weighted by atomic mass is 19.3. The summed E-state index contributed by atoms with van der Waals surface area (Å²) in [5.74, 6) is -3.14. The maximum Gasteiger partial charge on any atom is 0.299 e. The average molecular weight is 140 g/mol. The van der Waals surface area contributed by atoms with Crippen LogP contribution >= 0.6 is 0 Å². The van der Waals surface area contributed by atoms with Gasteiger partial charge in [0, 0.05) is 21.1 Å². The fourth-order valence-electron chi connectivity index (χ4n) is 0. The van der Waals surface area contributed by atoms with Crippen molar-refractivity contribution in [3.8, 4) is 0 Å². The molecular formula is C5H10F2O2. The average Bonchev–Trinajstić information content (AvgIpc) is 1.67. The van der Waals surface area contributed by atoms with E-state index in [0.29, 0.717) is 6.92 Å². The minimum atomic E-state index is -3.14. The van der Waals surface area contributed by atoms with Crippen molar-refractivity contribution in [3.63, 3.8) is 0 Å². The van der Waals surface area contributed by atoms with E-state index in [1.165, 1.54) is 0 Å². The van der Waals surface area contributed by atoms with Gasteiger partial charge in [-0.2, -0.15) is 8.78 Å². The van der Waals surface area contributed by atoms with E-state index < -0.39 is 12.2 Å². The third-order valence-electron chi connectivity index (χ3n) is 0.207. The first kappa shape index (κ1) is 11.3. The van der Waals surface area contributed by atoms with Crippen molar-refractivity contribution in [2.24, 2.45) is 0 Å². The van der Waals surface area contributed by atoms with E-state index in [1.54, 1.807) is 14.2 Å². The molecule has 0 heterocycles. The standard InChI is InChI=1S/C3H4F2O.C2H6O/c1-3(4,5)2-6;1-3-2/h2H,1H3;1-2H3. The molecule has 0 atom stereocenters. The number of hydrogen-bond donors (Lipinski definition) is 0. The summed E-state index contributed by atoms with van der Waals surface area (Å²) in [7, 11) is 3.25. The van der Waals surface area contributed by atoms with Gasteiger partial charge in [-0.3, -0.25) is 4.79 Å². The molecule has 0 saturated carbocycles. The first-order chi connectivity index (χ1) is 3.97. The number of methoxy groups -OCH3 is 1. The van der Waals surface area contributed by atoms with Crippen molar-refractivity contribution in [2.75, 3.05) is 14.2 Å². The maximum atomic E-state index is 11.1. The molecule has 0 bridgehead atoms. The Morgan fingerprint density at radius 1 is 1.44 bits per heavy atom. The van der Waals surface area contributed by atoms with Crippen molar-refractivity contribution in [3.05, 3.63) is 0 Å². The molecule has 2 nitrogen and oxygen atoms in total. The molecular weight excluding hydrogens is 130 g/mol. The lowest BCUT2D eigenvalue weighted by Crippen LogP contribution is -2.09. The smallest absolute Gasteiger partial charge is 0.299 e. The normalized spacial score (nSPS) is 9.44. The highest BCUT2D eigenvalue weighted by molar-refractivity contribution is 5.58. The maximum absolute atomic E-state index is 11.1. The zero-order chi connectivity index (χ0) is 7.91. The van der Waals surface area contributed by atoms with Gasteiger partial charge in [0.05, 0.1) is 0 Å². The van der Waals surface area contributed by atoms with Crippen LogP contribution in [0.1, 0.15) is 6.92 Å². The van der Waals surface area contributed by atoms with Crippen LogP contribution in [0.4, 0.5) is 8.78 Å². The fourth-order valence-corrected chi connectivity index (χ4v) is 0. The van der Waals surface area contributed by atoms with Crippen LogP contribution in [0, 0.1) is 0 Å². The zero-order valence-electron chi connectivity index (χ0n) is 5.65. The van der Waals surface area contributed by atoms with Crippen LogP contribution in [-0.4, -0.2) is 26.4 Å². The molecule has 0 radical (unpaired) electrons. The topological polar surface area (TPSA) is 26.3 Å². The molecule has 0 aliphatic heterocycles. The highest BCUT2D eigenvalue weighted by Gasteiger charge is 2.17. The second-order valence-corrected chi connectivity index (χ2v) is 1.48. The summed E-state index contributed by atoms with van der Waals surface area (Å²) in [4.78, 5) is 9.08. The Bertz CT molecular complexity index is 67.8. The number of hydrogen-bond acceptors (Lipinski definition) is 2. The number of aldehydes is 1. The lowest BCUT2D eigenvalue weighted by molar-refractivity contribution is -0.126. The summed E-state index contributed by atoms with van der Waals surface area (Å²) in [5.41, 5.74) is 0. The lowest BCUT2D eigenvalue weighted by atomic mass is 10.5. The fraction of sp³-hybridized carbons (Fsp3) is 0.800. The number of alkyl halides is 2. The molecule has 0 amide bonds. The molecule has 0 rings (SSSR count). The monoisotopic (exact) mass is 140 g/mol. The molecule has 0 aliphatic carbocycles. The van der Waals surface area contributed by atoms with Gasteiger partial charge in [0.2, 0.25) is 0 Å². The predicted molar refractivity (Wildman–Crippen MR) is 29.6 cm³/mol. The third-order valence-corrected chi connectivity index (χ3v) is 0.207. The van der Waals surface area contributed by atoms with E-state index in [9.17, 15) is 8.78 Å². The minimum absolute atomic E-state index is 0.396. The van der Waals surface area contributed by atoms with Gasteiger partial charge in [0.1, 0.15) is 0 Å². The Kier molecular flexibility index (Phi) is 7.07. The van der Waals surface area contributed by atoms with Gasteiger partial charge in [-0.15, -0.1) is 0 Å². The molecule has 4 heteroatoms. The predicted octanol–water partition coefficient (Wildman–Crippen LogP) is 1.10. The summed E-state index contributed by atoms with van der Waals surface area (Å²) in [6.45, 7) is 0.542. The number of rotatable bonds is 1. The summed E-state index contributed by atoms with van der Waals surface area (Å²) >= 11 is 0. The number of ether oxygens (including phenoxy) is 1. The lowest BCUT2D eigenvalue weighted by Gasteiger charge is -1.93. The van der Waals surface area contributed by atoms with Gasteiger partial charge in [0.25, 0.3) is 5.92 Å². The SMILES string of the molecule is CC(F)(F)C=O.COC. The molecule has 56 valence electrons. The Hall–Kier alpha value is -0.510. The summed E-state index contributed by atoms with van der Waals surface area (Å²) in [6.07, 6.45) is -0.396. The van der Waals surface area contributed by atoms with Gasteiger partial charge < -0.3 is 4.74 Å². The molecule has 0 fully saturated rings. The van der Waals surface area contributed by atoms with Crippen molar-refractivity contribution < 1.29 is 18.3 Å². The summed E-state index contributed by atoms with van der Waals surface area (Å²) < 4.78 is 26.4. The van der Waals surface area contributed by atoms with E-state index in [2.05, 4.69) is 4.74 Å². The molecule has 0 saturated heterocycles. The molecule has 0 aromatic carbocycles. The number of carbonyl (C=O) groups is 1. The summed E-state index contributed by atoms with van der Waals surface area (Å²) in [6, 6.07) is 0. The molecule has 9 heavy (non-hydrogen) atoms. The summed E-state index contributed by atoms with van der Waals surface area (Å²) in [5, 5.41) is 0. The van der Waals surface area contributed by atoms with E-state index in [0.717, 1.165) is 0 Å². The Labute approximate surface area is 52.8 Å². The van der Waals surface area contributed by atoms with Crippen LogP contribution in [0.2, 0.25) is 0 Å². The molecule has 0 aromatic heterocycles. The van der Waals surface area contributed by atoms with E-state index in [1.807, 2.05) is 0 Å². The van der Waals surface area contributed by atoms with Crippen LogP contribution in [-0.2, 0) is 9.53 Å². The van der Waals surface area contributed by atoms with Gasteiger partial charge in [-0.25, -0.2) is 0 Å². The van der Waals surface area contributed by atoms with Crippen LogP contribution < -0.4 is 0 Å². The van der Waals surface area contributed by atoms with Gasteiger partial charge in [-0.05, 0) is 0 Å². The molecule has 0 aliphatic rings. The number of carbonyl (C=O) groups excluding carboxylic acids is 1. The van der Waals surface area contributed by atoms with Crippen molar-refractivity contribution >= 4 is 6.29 Å². The molecule has 0 spiro atoms. The largest absolute Gasteiger partial charge is 0.388 e. The van der Waals surface area contributed by atoms with Crippen LogP contribution in [0.5, 0.6) is 0 Å². The van der Waals surface area contributed by atoms with Crippen molar-refractivity contribution in [2.45, 2.75) is 12.8 Å². The Balaban J connectivity index is 0. The van der Waals surface area contributed by atoms with Gasteiger partial charge in [0.15, 0.2) is 6.29 Å². The Morgan fingerprint density at radius 2 is 1.56 bits per heavy atom. The third kappa shape index (κ3) is 36.4. The Morgan fingerprint density at radius 3 is 1.56 bits per heavy atom. The van der Waals surface area contributed by atoms with Crippen LogP contribution in [0.25, 0.3) is 0 Å². The zero-order valence-corrected chi connectivity index (χ0v) is 5.65. The van der Waals surface area contributed by atoms with Gasteiger partial charge in [-0.1, -0.05) is 0 Å². The molecule has 0 unspecified atom stereocenters. The van der Waals surface area contributed by atoms with Crippen molar-refractivity contribution in [1.82, 2.24) is 0 Å². The highest BCUT2D eigenvalue weighted by Crippen LogP contribution is 2.04. The second kappa shape index (κ2) is 5.62. The van der Waals surface area contributed by atoms with E-state index >= 15 is 0 Å². The molecule has 0 N–H and O–H groups in total. The van der Waals surface area contributed by atoms with E-state index in [4.69, 9.17) is 4.79 Å². The second-order valence-electron chi connectivity index (χ2n) is 1.48. The van der Waals surface area contributed by atoms with Crippen LogP contribution in [0.3, 0.4) is 0 Å².